The summed E-state index contributed by atoms with van der Waals surface area (Å²) in [7, 11) is 0. The van der Waals surface area contributed by atoms with Crippen LogP contribution in [0.1, 0.15) is 0 Å². The summed E-state index contributed by atoms with van der Waals surface area (Å²) >= 11 is 7.46. The van der Waals surface area contributed by atoms with Crippen LogP contribution in [0, 0.1) is 10.1 Å². The Kier molecular flexibility index (Phi) is 3.74. The maximum absolute atomic E-state index is 10.7. The fraction of sp³-hybridized carbons (Fsp3) is 0. The van der Waals surface area contributed by atoms with Gasteiger partial charge in [0.05, 0.1) is 9.95 Å². The van der Waals surface area contributed by atoms with Gasteiger partial charge in [-0.25, -0.2) is 0 Å². The normalized spacial score (nSPS) is 10.3. The zero-order valence-electron chi connectivity index (χ0n) is 9.17. The smallest absolute Gasteiger partial charge is 0.293 e. The summed E-state index contributed by atoms with van der Waals surface area (Å²) in [5, 5.41) is 10.9. The summed E-state index contributed by atoms with van der Waals surface area (Å²) in [6.45, 7) is 0. The molecule has 18 heavy (non-hydrogen) atoms. The first kappa shape index (κ1) is 12.7. The molecule has 0 aliphatic carbocycles. The van der Waals surface area contributed by atoms with Crippen molar-refractivity contribution in [2.24, 2.45) is 0 Å². The molecular formula is C12H9ClN2O2S. The fourth-order valence-corrected chi connectivity index (χ4v) is 2.57. The number of benzene rings is 2. The van der Waals surface area contributed by atoms with E-state index in [1.807, 2.05) is 30.3 Å². The second-order valence-corrected chi connectivity index (χ2v) is 4.98. The van der Waals surface area contributed by atoms with Crippen LogP contribution in [0.15, 0.2) is 52.3 Å². The molecule has 0 aromatic heterocycles. The number of nitrogens with zero attached hydrogens (tertiary/aromatic N) is 1. The van der Waals surface area contributed by atoms with Crippen LogP contribution in [-0.4, -0.2) is 4.92 Å². The fourth-order valence-electron chi connectivity index (χ4n) is 1.42. The van der Waals surface area contributed by atoms with Gasteiger partial charge < -0.3 is 5.73 Å². The highest BCUT2D eigenvalue weighted by Gasteiger charge is 2.17. The first-order chi connectivity index (χ1) is 8.59. The molecule has 0 saturated heterocycles. The summed E-state index contributed by atoms with van der Waals surface area (Å²) in [6.07, 6.45) is 0. The molecular weight excluding hydrogens is 272 g/mol. The number of nitrogens with two attached hydrogens (primary N) is 1. The molecule has 0 fully saturated rings. The molecule has 0 aliphatic heterocycles. The molecule has 6 heteroatoms. The first-order valence-electron chi connectivity index (χ1n) is 5.05. The Morgan fingerprint density at radius 1 is 1.17 bits per heavy atom. The van der Waals surface area contributed by atoms with Crippen molar-refractivity contribution in [3.05, 3.63) is 57.6 Å². The number of halogens is 1. The van der Waals surface area contributed by atoms with Crippen molar-refractivity contribution in [2.45, 2.75) is 9.79 Å². The van der Waals surface area contributed by atoms with E-state index in [2.05, 4.69) is 0 Å². The molecule has 0 bridgehead atoms. The highest BCUT2D eigenvalue weighted by atomic mass is 35.5. The van der Waals surface area contributed by atoms with Gasteiger partial charge in [0.25, 0.3) is 5.69 Å². The van der Waals surface area contributed by atoms with Crippen molar-refractivity contribution >= 4 is 34.7 Å². The van der Waals surface area contributed by atoms with Crippen molar-refractivity contribution in [1.82, 2.24) is 0 Å². The van der Waals surface area contributed by atoms with Gasteiger partial charge in [-0.2, -0.15) is 0 Å². The van der Waals surface area contributed by atoms with Crippen LogP contribution in [0.2, 0.25) is 5.02 Å². The molecule has 0 spiro atoms. The highest BCUT2D eigenvalue weighted by Crippen LogP contribution is 2.40. The molecule has 0 atom stereocenters. The lowest BCUT2D eigenvalue weighted by atomic mass is 10.3. The first-order valence-corrected chi connectivity index (χ1v) is 6.24. The lowest BCUT2D eigenvalue weighted by Gasteiger charge is -2.06. The minimum Gasteiger partial charge on any atom is -0.392 e. The van der Waals surface area contributed by atoms with Crippen molar-refractivity contribution in [2.75, 3.05) is 5.73 Å². The molecule has 0 heterocycles. The summed E-state index contributed by atoms with van der Waals surface area (Å²) < 4.78 is 0. The Bertz CT molecular complexity index is 590. The van der Waals surface area contributed by atoms with E-state index >= 15 is 0 Å². The molecule has 4 nitrogen and oxygen atoms in total. The van der Waals surface area contributed by atoms with E-state index in [0.717, 1.165) is 4.90 Å². The van der Waals surface area contributed by atoms with E-state index in [9.17, 15) is 10.1 Å². The Hall–Kier alpha value is -1.72. The number of hydrogen-bond acceptors (Lipinski definition) is 4. The van der Waals surface area contributed by atoms with Gasteiger partial charge >= 0.3 is 0 Å². The van der Waals surface area contributed by atoms with Gasteiger partial charge in [-0.15, -0.1) is 0 Å². The lowest BCUT2D eigenvalue weighted by Crippen LogP contribution is -1.97. The quantitative estimate of drug-likeness (QED) is 0.524. The average molecular weight is 281 g/mol. The Labute approximate surface area is 113 Å². The second-order valence-electron chi connectivity index (χ2n) is 3.48. The standard InChI is InChI=1S/C12H9ClN2O2S/c13-11-10(18-8-4-2-1-3-5-8)7-6-9(12(11)14)15(16)17/h1-7H,14H2. The van der Waals surface area contributed by atoms with Gasteiger partial charge in [0, 0.05) is 15.9 Å². The number of nitro groups is 1. The van der Waals surface area contributed by atoms with Crippen LogP contribution in [0.3, 0.4) is 0 Å². The molecule has 0 unspecified atom stereocenters. The highest BCUT2D eigenvalue weighted by molar-refractivity contribution is 7.99. The molecule has 0 radical (unpaired) electrons. The minimum atomic E-state index is -0.543. The topological polar surface area (TPSA) is 69.2 Å². The maximum Gasteiger partial charge on any atom is 0.293 e. The Morgan fingerprint density at radius 2 is 1.83 bits per heavy atom. The summed E-state index contributed by atoms with van der Waals surface area (Å²) in [6, 6.07) is 12.6. The van der Waals surface area contributed by atoms with Gasteiger partial charge in [-0.05, 0) is 18.2 Å². The van der Waals surface area contributed by atoms with Gasteiger partial charge in [0.1, 0.15) is 5.69 Å². The largest absolute Gasteiger partial charge is 0.392 e. The minimum absolute atomic E-state index is 0.00241. The molecule has 2 aromatic rings. The monoisotopic (exact) mass is 280 g/mol. The number of rotatable bonds is 3. The van der Waals surface area contributed by atoms with Crippen molar-refractivity contribution in [1.29, 1.82) is 0 Å². The number of anilines is 1. The molecule has 2 rings (SSSR count). The number of nitro benzene ring substituents is 1. The van der Waals surface area contributed by atoms with Crippen LogP contribution >= 0.6 is 23.4 Å². The molecule has 0 aliphatic rings. The molecule has 0 saturated carbocycles. The van der Waals surface area contributed by atoms with E-state index in [1.54, 1.807) is 6.07 Å². The van der Waals surface area contributed by atoms with Gasteiger partial charge in [-0.3, -0.25) is 10.1 Å². The van der Waals surface area contributed by atoms with Gasteiger partial charge in [-0.1, -0.05) is 41.6 Å². The number of nitrogen functional groups attached to an aromatic ring is 1. The SMILES string of the molecule is Nc1c([N+](=O)[O-])ccc(Sc2ccccc2)c1Cl. The van der Waals surface area contributed by atoms with Crippen molar-refractivity contribution < 1.29 is 4.92 Å². The van der Waals surface area contributed by atoms with Crippen LogP contribution in [-0.2, 0) is 0 Å². The Morgan fingerprint density at radius 3 is 2.44 bits per heavy atom. The molecule has 2 N–H and O–H groups in total. The van der Waals surface area contributed by atoms with E-state index in [4.69, 9.17) is 17.3 Å². The lowest BCUT2D eigenvalue weighted by molar-refractivity contribution is -0.383. The predicted octanol–water partition coefficient (Wildman–Crippen LogP) is 3.98. The zero-order chi connectivity index (χ0) is 13.1. The average Bonchev–Trinajstić information content (AvgIpc) is 2.36. The summed E-state index contributed by atoms with van der Waals surface area (Å²) in [4.78, 5) is 11.9. The number of hydrogen-bond donors (Lipinski definition) is 1. The van der Waals surface area contributed by atoms with Gasteiger partial charge in [0.15, 0.2) is 0 Å². The molecule has 0 amide bonds. The van der Waals surface area contributed by atoms with Crippen molar-refractivity contribution in [3.63, 3.8) is 0 Å². The van der Waals surface area contributed by atoms with Crippen molar-refractivity contribution in [3.8, 4) is 0 Å². The van der Waals surface area contributed by atoms with E-state index in [0.29, 0.717) is 4.90 Å². The zero-order valence-corrected chi connectivity index (χ0v) is 10.7. The summed E-state index contributed by atoms with van der Waals surface area (Å²) in [5.74, 6) is 0. The van der Waals surface area contributed by atoms with E-state index in [1.165, 1.54) is 17.8 Å². The third-order valence-electron chi connectivity index (χ3n) is 2.29. The van der Waals surface area contributed by atoms with E-state index < -0.39 is 4.92 Å². The Balaban J connectivity index is 2.36. The predicted molar refractivity (Wildman–Crippen MR) is 73.1 cm³/mol. The van der Waals surface area contributed by atoms with Crippen LogP contribution in [0.25, 0.3) is 0 Å². The third-order valence-corrected chi connectivity index (χ3v) is 3.88. The van der Waals surface area contributed by atoms with Gasteiger partial charge in [0.2, 0.25) is 0 Å². The maximum atomic E-state index is 10.7. The third kappa shape index (κ3) is 2.57. The molecule has 92 valence electrons. The summed E-state index contributed by atoms with van der Waals surface area (Å²) in [5.41, 5.74) is 5.48. The molecule has 2 aromatic carbocycles. The van der Waals surface area contributed by atoms with Crippen LogP contribution in [0.4, 0.5) is 11.4 Å². The van der Waals surface area contributed by atoms with Crippen LogP contribution < -0.4 is 5.73 Å². The van der Waals surface area contributed by atoms with Crippen LogP contribution in [0.5, 0.6) is 0 Å². The van der Waals surface area contributed by atoms with E-state index in [-0.39, 0.29) is 16.4 Å². The second kappa shape index (κ2) is 5.29.